The number of rotatable bonds is 6. The van der Waals surface area contributed by atoms with Gasteiger partial charge in [0, 0.05) is 5.69 Å². The number of hydrogen-bond donors (Lipinski definition) is 2. The summed E-state index contributed by atoms with van der Waals surface area (Å²) in [6.45, 7) is 3.38. The molecule has 2 aromatic rings. The van der Waals surface area contributed by atoms with Gasteiger partial charge in [-0.2, -0.15) is 5.26 Å². The first kappa shape index (κ1) is 21.9. The van der Waals surface area contributed by atoms with Crippen molar-refractivity contribution >= 4 is 62.2 Å². The summed E-state index contributed by atoms with van der Waals surface area (Å²) in [6, 6.07) is 10.8. The summed E-state index contributed by atoms with van der Waals surface area (Å²) in [5.74, 6) is -1.20. The first-order valence-corrected chi connectivity index (χ1v) is 9.93. The Bertz CT molecular complexity index is 989. The van der Waals surface area contributed by atoms with Gasteiger partial charge in [-0.3, -0.25) is 4.79 Å². The highest BCUT2D eigenvalue weighted by atomic mass is 127. The van der Waals surface area contributed by atoms with E-state index in [1.807, 2.05) is 54.6 Å². The number of nitriles is 1. The van der Waals surface area contributed by atoms with Crippen LogP contribution in [0.1, 0.15) is 16.7 Å². The van der Waals surface area contributed by atoms with E-state index in [1.54, 1.807) is 18.2 Å². The van der Waals surface area contributed by atoms with Crippen molar-refractivity contribution < 1.29 is 19.4 Å². The summed E-state index contributed by atoms with van der Waals surface area (Å²) in [6.07, 6.45) is 1.47. The standard InChI is InChI=1S/C20H16BrIN2O4/c1-11-4-3-5-17(12(11)2)24-20(27)14(9-23)6-13-7-15(21)19(16(22)8-13)28-10-18(25)26/h3-8H,10H2,1-2H3,(H,24,27)(H,25,26)/b14-6+. The predicted molar refractivity (Wildman–Crippen MR) is 118 cm³/mol. The fraction of sp³-hybridized carbons (Fsp3) is 0.150. The molecule has 0 spiro atoms. The van der Waals surface area contributed by atoms with Crippen molar-refractivity contribution in [1.29, 1.82) is 5.26 Å². The molecule has 0 unspecified atom stereocenters. The minimum Gasteiger partial charge on any atom is -0.480 e. The van der Waals surface area contributed by atoms with Crippen molar-refractivity contribution in [2.75, 3.05) is 11.9 Å². The molecule has 8 heteroatoms. The Kier molecular flexibility index (Phi) is 7.60. The number of nitrogens with zero attached hydrogens (tertiary/aromatic N) is 1. The smallest absolute Gasteiger partial charge is 0.341 e. The lowest BCUT2D eigenvalue weighted by Crippen LogP contribution is -2.14. The molecule has 28 heavy (non-hydrogen) atoms. The van der Waals surface area contributed by atoms with Crippen LogP contribution in [0.15, 0.2) is 40.4 Å². The lowest BCUT2D eigenvalue weighted by Gasteiger charge is -2.11. The van der Waals surface area contributed by atoms with Crippen LogP contribution in [-0.4, -0.2) is 23.6 Å². The molecular weight excluding hydrogens is 539 g/mol. The molecule has 2 N–H and O–H groups in total. The van der Waals surface area contributed by atoms with Crippen LogP contribution in [0, 0.1) is 28.7 Å². The second-order valence-electron chi connectivity index (χ2n) is 5.87. The van der Waals surface area contributed by atoms with E-state index in [1.165, 1.54) is 6.08 Å². The topological polar surface area (TPSA) is 99.4 Å². The Labute approximate surface area is 184 Å². The third kappa shape index (κ3) is 5.56. The Balaban J connectivity index is 2.28. The van der Waals surface area contributed by atoms with Crippen LogP contribution in [0.3, 0.4) is 0 Å². The molecule has 0 aliphatic rings. The molecule has 0 radical (unpaired) electrons. The van der Waals surface area contributed by atoms with Crippen molar-refractivity contribution in [3.8, 4) is 11.8 Å². The molecular formula is C20H16BrIN2O4. The number of nitrogens with one attached hydrogen (secondary N) is 1. The number of halogens is 2. The van der Waals surface area contributed by atoms with E-state index in [0.29, 0.717) is 25.0 Å². The molecule has 0 fully saturated rings. The van der Waals surface area contributed by atoms with Crippen LogP contribution in [-0.2, 0) is 9.59 Å². The number of aliphatic carboxylic acids is 1. The summed E-state index contributed by atoms with van der Waals surface area (Å²) in [7, 11) is 0. The molecule has 0 atom stereocenters. The Hall–Kier alpha value is -2.38. The van der Waals surface area contributed by atoms with E-state index in [2.05, 4.69) is 21.2 Å². The number of ether oxygens (including phenoxy) is 1. The largest absolute Gasteiger partial charge is 0.480 e. The van der Waals surface area contributed by atoms with Crippen molar-refractivity contribution in [1.82, 2.24) is 0 Å². The molecule has 0 aliphatic carbocycles. The van der Waals surface area contributed by atoms with Crippen LogP contribution >= 0.6 is 38.5 Å². The predicted octanol–water partition coefficient (Wildman–Crippen LogP) is 4.68. The molecule has 1 amide bonds. The maximum atomic E-state index is 12.5. The molecule has 0 saturated heterocycles. The van der Waals surface area contributed by atoms with Gasteiger partial charge in [-0.1, -0.05) is 12.1 Å². The van der Waals surface area contributed by atoms with Gasteiger partial charge in [-0.05, 0) is 93.3 Å². The lowest BCUT2D eigenvalue weighted by atomic mass is 10.1. The summed E-state index contributed by atoms with van der Waals surface area (Å²) in [5, 5.41) is 20.9. The van der Waals surface area contributed by atoms with Gasteiger partial charge in [0.05, 0.1) is 8.04 Å². The maximum absolute atomic E-state index is 12.5. The number of carboxylic acid groups (broad SMARTS) is 1. The van der Waals surface area contributed by atoms with Gasteiger partial charge in [0.15, 0.2) is 6.61 Å². The van der Waals surface area contributed by atoms with E-state index in [-0.39, 0.29) is 5.57 Å². The SMILES string of the molecule is Cc1cccc(NC(=O)/C(C#N)=C/c2cc(Br)c(OCC(=O)O)c(I)c2)c1C. The maximum Gasteiger partial charge on any atom is 0.341 e. The summed E-state index contributed by atoms with van der Waals surface area (Å²) in [5.41, 5.74) is 3.18. The molecule has 0 aromatic heterocycles. The van der Waals surface area contributed by atoms with Gasteiger partial charge in [0.1, 0.15) is 17.4 Å². The quantitative estimate of drug-likeness (QED) is 0.307. The summed E-state index contributed by atoms with van der Waals surface area (Å²) in [4.78, 5) is 23.2. The first-order chi connectivity index (χ1) is 13.2. The number of amides is 1. The van der Waals surface area contributed by atoms with Gasteiger partial charge in [-0.25, -0.2) is 4.79 Å². The van der Waals surface area contributed by atoms with Crippen molar-refractivity contribution in [3.05, 3.63) is 60.6 Å². The van der Waals surface area contributed by atoms with Gasteiger partial charge in [0.25, 0.3) is 5.91 Å². The fourth-order valence-electron chi connectivity index (χ4n) is 2.33. The zero-order valence-electron chi connectivity index (χ0n) is 15.0. The Morgan fingerprint density at radius 3 is 2.68 bits per heavy atom. The number of carbonyl (C=O) groups excluding carboxylic acids is 1. The number of aryl methyl sites for hydroxylation is 1. The van der Waals surface area contributed by atoms with E-state index in [9.17, 15) is 14.9 Å². The van der Waals surface area contributed by atoms with E-state index >= 15 is 0 Å². The minimum atomic E-state index is -1.08. The number of carbonyl (C=O) groups is 2. The van der Waals surface area contributed by atoms with Crippen molar-refractivity contribution in [2.24, 2.45) is 0 Å². The number of carboxylic acids is 1. The van der Waals surface area contributed by atoms with Gasteiger partial charge in [-0.15, -0.1) is 0 Å². The summed E-state index contributed by atoms with van der Waals surface area (Å²) >= 11 is 5.33. The molecule has 0 aliphatic heterocycles. The van der Waals surface area contributed by atoms with Crippen LogP contribution in [0.5, 0.6) is 5.75 Å². The van der Waals surface area contributed by atoms with Crippen LogP contribution in [0.2, 0.25) is 0 Å². The van der Waals surface area contributed by atoms with E-state index in [4.69, 9.17) is 9.84 Å². The average Bonchev–Trinajstić information content (AvgIpc) is 2.62. The van der Waals surface area contributed by atoms with Gasteiger partial charge in [0.2, 0.25) is 0 Å². The molecule has 6 nitrogen and oxygen atoms in total. The average molecular weight is 555 g/mol. The second-order valence-corrected chi connectivity index (χ2v) is 7.88. The molecule has 0 bridgehead atoms. The zero-order chi connectivity index (χ0) is 20.8. The monoisotopic (exact) mass is 554 g/mol. The van der Waals surface area contributed by atoms with E-state index in [0.717, 1.165) is 11.1 Å². The van der Waals surface area contributed by atoms with Crippen LogP contribution in [0.25, 0.3) is 6.08 Å². The molecule has 144 valence electrons. The van der Waals surface area contributed by atoms with Crippen molar-refractivity contribution in [3.63, 3.8) is 0 Å². The number of benzene rings is 2. The molecule has 0 saturated carbocycles. The highest BCUT2D eigenvalue weighted by Crippen LogP contribution is 2.32. The molecule has 2 rings (SSSR count). The van der Waals surface area contributed by atoms with Crippen LogP contribution in [0.4, 0.5) is 5.69 Å². The van der Waals surface area contributed by atoms with Crippen LogP contribution < -0.4 is 10.1 Å². The van der Waals surface area contributed by atoms with Crippen molar-refractivity contribution in [2.45, 2.75) is 13.8 Å². The van der Waals surface area contributed by atoms with Gasteiger partial charge < -0.3 is 15.2 Å². The third-order valence-electron chi connectivity index (χ3n) is 3.89. The van der Waals surface area contributed by atoms with E-state index < -0.39 is 18.5 Å². The highest BCUT2D eigenvalue weighted by Gasteiger charge is 2.14. The molecule has 0 heterocycles. The third-order valence-corrected chi connectivity index (χ3v) is 5.28. The Morgan fingerprint density at radius 2 is 2.07 bits per heavy atom. The normalized spacial score (nSPS) is 10.9. The number of anilines is 1. The second kappa shape index (κ2) is 9.71. The lowest BCUT2D eigenvalue weighted by molar-refractivity contribution is -0.139. The first-order valence-electron chi connectivity index (χ1n) is 8.06. The highest BCUT2D eigenvalue weighted by molar-refractivity contribution is 14.1. The molecule has 2 aromatic carbocycles. The van der Waals surface area contributed by atoms with Gasteiger partial charge >= 0.3 is 5.97 Å². The summed E-state index contributed by atoms with van der Waals surface area (Å²) < 4.78 is 6.42. The Morgan fingerprint density at radius 1 is 1.36 bits per heavy atom. The minimum absolute atomic E-state index is 0.0530. The number of hydrogen-bond acceptors (Lipinski definition) is 4. The zero-order valence-corrected chi connectivity index (χ0v) is 18.8. The fourth-order valence-corrected chi connectivity index (χ4v) is 4.09.